The van der Waals surface area contributed by atoms with E-state index in [1.54, 1.807) is 12.2 Å². The molecule has 3 N–H and O–H groups in total. The largest absolute Gasteiger partial charge is 0.508 e. The number of aliphatic hydroxyl groups is 2. The van der Waals surface area contributed by atoms with Crippen molar-refractivity contribution in [2.45, 2.75) is 79.8 Å². The van der Waals surface area contributed by atoms with Crippen molar-refractivity contribution in [2.24, 2.45) is 9.98 Å². The standard InChI is InChI=1S/C33H37N3O3/c1-8-21-17(5)25-15-29-23(10-3)24(11-4)30(36-29)16-26-18(6)22(9-2)28(35-26)14-20-12-19(13-27(21)34-25)31(37)33(7,39)32(20)38/h12-16,34,37,39H,8-11H2,1-7H3. The molecule has 5 rings (SSSR count). The van der Waals surface area contributed by atoms with Crippen molar-refractivity contribution in [1.29, 1.82) is 0 Å². The van der Waals surface area contributed by atoms with Gasteiger partial charge >= 0.3 is 0 Å². The third-order valence-corrected chi connectivity index (χ3v) is 8.37. The second-order valence-electron chi connectivity index (χ2n) is 10.7. The first-order chi connectivity index (χ1) is 18.5. The number of nitrogens with one attached hydrogen (secondary N) is 1. The van der Waals surface area contributed by atoms with Crippen molar-refractivity contribution in [3.8, 4) is 0 Å². The van der Waals surface area contributed by atoms with Gasteiger partial charge in [-0.15, -0.1) is 0 Å². The van der Waals surface area contributed by atoms with Crippen LogP contribution in [-0.2, 0) is 11.2 Å². The van der Waals surface area contributed by atoms with Gasteiger partial charge in [-0.25, -0.2) is 9.98 Å². The van der Waals surface area contributed by atoms with Gasteiger partial charge in [0, 0.05) is 21.8 Å². The minimum Gasteiger partial charge on any atom is -0.508 e. The number of hydrogen-bond acceptors (Lipinski definition) is 5. The first kappa shape index (κ1) is 26.8. The Morgan fingerprint density at radius 1 is 0.795 bits per heavy atom. The van der Waals surface area contributed by atoms with Crippen molar-refractivity contribution in [3.63, 3.8) is 0 Å². The number of H-pyrrole nitrogens is 1. The predicted octanol–water partition coefficient (Wildman–Crippen LogP) is 5.05. The lowest BCUT2D eigenvalue weighted by molar-refractivity contribution is -0.130. The molecule has 0 saturated heterocycles. The molecule has 0 fully saturated rings. The van der Waals surface area contributed by atoms with Crippen LogP contribution >= 0.6 is 0 Å². The van der Waals surface area contributed by atoms with Crippen LogP contribution in [0.25, 0.3) is 12.2 Å². The highest BCUT2D eigenvalue weighted by Gasteiger charge is 2.41. The zero-order valence-corrected chi connectivity index (χ0v) is 23.9. The number of allylic oxidation sites excluding steroid dienone is 8. The summed E-state index contributed by atoms with van der Waals surface area (Å²) in [5.74, 6) is -0.910. The molecule has 1 aliphatic carbocycles. The summed E-state index contributed by atoms with van der Waals surface area (Å²) >= 11 is 0. The second-order valence-corrected chi connectivity index (χ2v) is 10.7. The Morgan fingerprint density at radius 3 is 2.08 bits per heavy atom. The highest BCUT2D eigenvalue weighted by molar-refractivity contribution is 6.24. The van der Waals surface area contributed by atoms with E-state index in [0.29, 0.717) is 16.8 Å². The fourth-order valence-corrected chi connectivity index (χ4v) is 6.10. The maximum atomic E-state index is 13.3. The molecular formula is C33H37N3O3. The molecule has 202 valence electrons. The molecule has 0 aromatic carbocycles. The average Bonchev–Trinajstić information content (AvgIpc) is 3.50. The summed E-state index contributed by atoms with van der Waals surface area (Å²) in [7, 11) is 0. The van der Waals surface area contributed by atoms with Gasteiger partial charge < -0.3 is 15.2 Å². The quantitative estimate of drug-likeness (QED) is 0.515. The molecular weight excluding hydrogens is 486 g/mol. The van der Waals surface area contributed by atoms with Gasteiger partial charge in [-0.05, 0) is 110 Å². The maximum Gasteiger partial charge on any atom is 0.201 e. The minimum atomic E-state index is -2.04. The second kappa shape index (κ2) is 9.76. The molecule has 8 bridgehead atoms. The molecule has 39 heavy (non-hydrogen) atoms. The maximum absolute atomic E-state index is 13.3. The van der Waals surface area contributed by atoms with Crippen LogP contribution in [0.15, 0.2) is 78.8 Å². The number of Topliss-reactive ketones (excluding diaryl/α,β-unsaturated/α-hetero) is 1. The SMILES string of the molecule is CCC1=C(C)C2=NC1=CC1=CC(=C(O)C(C)(O)C1=O)C=c1[nH]c(c(C)c1CC)=CC1=NC(=C2)C(CC)=C1CC. The Hall–Kier alpha value is -3.77. The molecule has 3 aliphatic heterocycles. The van der Waals surface area contributed by atoms with Crippen molar-refractivity contribution in [2.75, 3.05) is 0 Å². The first-order valence-electron chi connectivity index (χ1n) is 13.9. The zero-order chi connectivity index (χ0) is 28.2. The van der Waals surface area contributed by atoms with E-state index in [2.05, 4.69) is 58.7 Å². The van der Waals surface area contributed by atoms with Crippen molar-refractivity contribution in [1.82, 2.24) is 4.98 Å². The first-order valence-corrected chi connectivity index (χ1v) is 13.9. The monoisotopic (exact) mass is 523 g/mol. The summed E-state index contributed by atoms with van der Waals surface area (Å²) < 4.78 is 0. The van der Waals surface area contributed by atoms with Gasteiger partial charge in [0.05, 0.1) is 22.8 Å². The van der Waals surface area contributed by atoms with E-state index < -0.39 is 11.4 Å². The molecule has 1 aromatic heterocycles. The molecule has 4 aliphatic rings. The number of ketones is 1. The predicted molar refractivity (Wildman–Crippen MR) is 158 cm³/mol. The van der Waals surface area contributed by atoms with Crippen LogP contribution in [-0.4, -0.2) is 38.0 Å². The zero-order valence-electron chi connectivity index (χ0n) is 23.9. The average molecular weight is 524 g/mol. The normalized spacial score (nSPS) is 22.9. The third kappa shape index (κ3) is 4.18. The number of aliphatic imine (C=N–C) groups is 2. The molecule has 0 spiro atoms. The fraction of sp³-hybridized carbons (Fsp3) is 0.364. The van der Waals surface area contributed by atoms with Crippen molar-refractivity contribution < 1.29 is 15.0 Å². The molecule has 0 saturated carbocycles. The molecule has 0 amide bonds. The lowest BCUT2D eigenvalue weighted by Crippen LogP contribution is -2.41. The van der Waals surface area contributed by atoms with Crippen molar-refractivity contribution >= 4 is 29.4 Å². The molecule has 1 atom stereocenters. The van der Waals surface area contributed by atoms with Crippen LogP contribution in [0.1, 0.15) is 71.9 Å². The topological polar surface area (TPSA) is 98.0 Å². The van der Waals surface area contributed by atoms with Gasteiger partial charge in [0.15, 0.2) is 5.60 Å². The molecule has 1 unspecified atom stereocenters. The molecule has 4 heterocycles. The van der Waals surface area contributed by atoms with E-state index in [1.165, 1.54) is 18.1 Å². The Bertz CT molecular complexity index is 1690. The summed E-state index contributed by atoms with van der Waals surface area (Å²) in [6.07, 6.45) is 12.7. The van der Waals surface area contributed by atoms with Gasteiger partial charge in [-0.2, -0.15) is 0 Å². The van der Waals surface area contributed by atoms with Gasteiger partial charge in [-0.1, -0.05) is 27.7 Å². The number of carbonyl (C=O) groups excluding carboxylic acids is 1. The number of aliphatic hydroxyl groups excluding tert-OH is 1. The summed E-state index contributed by atoms with van der Waals surface area (Å²) in [6.45, 7) is 14.0. The summed E-state index contributed by atoms with van der Waals surface area (Å²) in [6, 6.07) is 0. The smallest absolute Gasteiger partial charge is 0.201 e. The Balaban J connectivity index is 1.91. The van der Waals surface area contributed by atoms with Crippen LogP contribution < -0.4 is 10.7 Å². The van der Waals surface area contributed by atoms with Crippen molar-refractivity contribution in [3.05, 3.63) is 90.6 Å². The molecule has 0 radical (unpaired) electrons. The van der Waals surface area contributed by atoms with E-state index in [4.69, 9.17) is 9.98 Å². The van der Waals surface area contributed by atoms with Gasteiger partial charge in [-0.3, -0.25) is 4.79 Å². The van der Waals surface area contributed by atoms with E-state index >= 15 is 0 Å². The third-order valence-electron chi connectivity index (χ3n) is 8.37. The summed E-state index contributed by atoms with van der Waals surface area (Å²) in [4.78, 5) is 26.9. The Labute approximate surface area is 229 Å². The summed E-state index contributed by atoms with van der Waals surface area (Å²) in [5.41, 5.74) is 8.86. The molecule has 6 heteroatoms. The molecule has 6 nitrogen and oxygen atoms in total. The Kier molecular flexibility index (Phi) is 6.71. The van der Waals surface area contributed by atoms with E-state index in [0.717, 1.165) is 75.8 Å². The fourth-order valence-electron chi connectivity index (χ4n) is 6.10. The number of nitrogens with zero attached hydrogens (tertiary/aromatic N) is 2. The van der Waals surface area contributed by atoms with E-state index in [1.807, 2.05) is 6.08 Å². The van der Waals surface area contributed by atoms with Crippen LogP contribution in [0.2, 0.25) is 0 Å². The molecule has 1 aromatic rings. The Morgan fingerprint density at radius 2 is 1.44 bits per heavy atom. The number of hydrogen-bond donors (Lipinski definition) is 3. The van der Waals surface area contributed by atoms with Crippen LogP contribution in [0.4, 0.5) is 0 Å². The minimum absolute atomic E-state index is 0.305. The lowest BCUT2D eigenvalue weighted by atomic mass is 9.83. The van der Waals surface area contributed by atoms with Crippen LogP contribution in [0.3, 0.4) is 0 Å². The van der Waals surface area contributed by atoms with E-state index in [9.17, 15) is 15.0 Å². The van der Waals surface area contributed by atoms with Gasteiger partial charge in [0.2, 0.25) is 5.78 Å². The van der Waals surface area contributed by atoms with Crippen LogP contribution in [0, 0.1) is 6.92 Å². The number of rotatable bonds is 4. The number of fused-ring (bicyclic) bond motifs is 5. The number of aromatic nitrogens is 1. The summed E-state index contributed by atoms with van der Waals surface area (Å²) in [5, 5.41) is 23.9. The number of carbonyl (C=O) groups is 1. The van der Waals surface area contributed by atoms with E-state index in [-0.39, 0.29) is 5.76 Å². The highest BCUT2D eigenvalue weighted by Crippen LogP contribution is 2.36. The van der Waals surface area contributed by atoms with Crippen LogP contribution in [0.5, 0.6) is 0 Å². The van der Waals surface area contributed by atoms with Gasteiger partial charge in [0.25, 0.3) is 0 Å². The lowest BCUT2D eigenvalue weighted by Gasteiger charge is -2.27. The van der Waals surface area contributed by atoms with Gasteiger partial charge in [0.1, 0.15) is 5.76 Å². The number of aromatic amines is 1. The highest BCUT2D eigenvalue weighted by atomic mass is 16.3.